The lowest BCUT2D eigenvalue weighted by atomic mass is 9.93. The van der Waals surface area contributed by atoms with E-state index >= 15 is 0 Å². The van der Waals surface area contributed by atoms with Crippen LogP contribution in [-0.4, -0.2) is 25.1 Å². The number of hydrogen-bond donors (Lipinski definition) is 0. The number of carbonyl (C=O) groups is 1. The van der Waals surface area contributed by atoms with Gasteiger partial charge >= 0.3 is 0 Å². The summed E-state index contributed by atoms with van der Waals surface area (Å²) in [6, 6.07) is 34.2. The highest BCUT2D eigenvalue weighted by Crippen LogP contribution is 2.35. The van der Waals surface area contributed by atoms with Gasteiger partial charge in [-0.15, -0.1) is 0 Å². The molecule has 5 heteroatoms. The zero-order valence-electron chi connectivity index (χ0n) is 21.9. The molecule has 3 unspecified atom stereocenters. The molecule has 0 aliphatic carbocycles. The van der Waals surface area contributed by atoms with Crippen molar-refractivity contribution in [2.24, 2.45) is 0 Å². The van der Waals surface area contributed by atoms with Crippen molar-refractivity contribution in [1.82, 2.24) is 0 Å². The van der Waals surface area contributed by atoms with Crippen LogP contribution < -0.4 is 0 Å². The SMILES string of the molecule is O=Cc1ccc(Cc2cc(C3CC(OCc4ccccc4)CC(COCc4ccccc4)O3)ccc2Cl)cc1. The second kappa shape index (κ2) is 13.7. The van der Waals surface area contributed by atoms with Crippen LogP contribution in [0.2, 0.25) is 5.02 Å². The Bertz CT molecular complexity index is 1320. The Balaban J connectivity index is 1.29. The summed E-state index contributed by atoms with van der Waals surface area (Å²) in [5.74, 6) is 0. The van der Waals surface area contributed by atoms with Crippen molar-refractivity contribution in [1.29, 1.82) is 0 Å². The summed E-state index contributed by atoms with van der Waals surface area (Å²) < 4.78 is 19.0. The normalized spacial score (nSPS) is 19.1. The fraction of sp³-hybridized carbons (Fsp3) is 0.265. The first-order chi connectivity index (χ1) is 19.2. The molecule has 1 saturated heterocycles. The van der Waals surface area contributed by atoms with Crippen LogP contribution in [-0.2, 0) is 33.8 Å². The van der Waals surface area contributed by atoms with Crippen molar-refractivity contribution in [3.63, 3.8) is 0 Å². The molecule has 0 saturated carbocycles. The van der Waals surface area contributed by atoms with E-state index in [1.165, 1.54) is 0 Å². The van der Waals surface area contributed by atoms with E-state index in [9.17, 15) is 4.79 Å². The molecule has 0 spiro atoms. The van der Waals surface area contributed by atoms with E-state index < -0.39 is 0 Å². The lowest BCUT2D eigenvalue weighted by molar-refractivity contribution is -0.142. The van der Waals surface area contributed by atoms with Gasteiger partial charge in [-0.25, -0.2) is 0 Å². The maximum absolute atomic E-state index is 11.0. The van der Waals surface area contributed by atoms with E-state index in [4.69, 9.17) is 25.8 Å². The molecule has 1 aliphatic heterocycles. The number of halogens is 1. The molecule has 0 bridgehead atoms. The number of hydrogen-bond acceptors (Lipinski definition) is 4. The lowest BCUT2D eigenvalue weighted by Gasteiger charge is -2.36. The van der Waals surface area contributed by atoms with E-state index in [0.29, 0.717) is 36.8 Å². The third-order valence-electron chi connectivity index (χ3n) is 7.06. The molecule has 1 fully saturated rings. The Morgan fingerprint density at radius 3 is 2.18 bits per heavy atom. The smallest absolute Gasteiger partial charge is 0.150 e. The molecule has 1 heterocycles. The summed E-state index contributed by atoms with van der Waals surface area (Å²) in [4.78, 5) is 11.0. The Kier molecular flexibility index (Phi) is 9.57. The Morgan fingerprint density at radius 1 is 0.795 bits per heavy atom. The Hall–Kier alpha value is -3.28. The third-order valence-corrected chi connectivity index (χ3v) is 7.42. The topological polar surface area (TPSA) is 44.8 Å². The van der Waals surface area contributed by atoms with Gasteiger partial charge in [0.1, 0.15) is 6.29 Å². The van der Waals surface area contributed by atoms with Crippen molar-refractivity contribution in [2.45, 2.75) is 50.8 Å². The van der Waals surface area contributed by atoms with E-state index in [0.717, 1.165) is 46.9 Å². The molecule has 200 valence electrons. The van der Waals surface area contributed by atoms with Crippen LogP contribution in [0.15, 0.2) is 103 Å². The van der Waals surface area contributed by atoms with Crippen LogP contribution >= 0.6 is 11.6 Å². The monoisotopic (exact) mass is 540 g/mol. The maximum Gasteiger partial charge on any atom is 0.150 e. The predicted octanol–water partition coefficient (Wildman–Crippen LogP) is 7.77. The standard InChI is InChI=1S/C34H33ClO4/c35-33-16-15-29(18-30(33)17-25-11-13-26(21-36)14-12-25)34-20-31(38-23-28-9-5-2-6-10-28)19-32(39-34)24-37-22-27-7-3-1-4-8-27/h1-16,18,21,31-32,34H,17,19-20,22-24H2. The molecule has 1 aliphatic rings. The molecule has 0 aromatic heterocycles. The van der Waals surface area contributed by atoms with Crippen LogP contribution in [0.25, 0.3) is 0 Å². The number of ether oxygens (including phenoxy) is 3. The number of aldehydes is 1. The highest BCUT2D eigenvalue weighted by atomic mass is 35.5. The second-order valence-electron chi connectivity index (χ2n) is 10.0. The van der Waals surface area contributed by atoms with Gasteiger partial charge in [0.2, 0.25) is 0 Å². The van der Waals surface area contributed by atoms with Gasteiger partial charge in [0.15, 0.2) is 0 Å². The number of rotatable bonds is 11. The second-order valence-corrected chi connectivity index (χ2v) is 10.4. The van der Waals surface area contributed by atoms with E-state index in [1.807, 2.05) is 72.8 Å². The van der Waals surface area contributed by atoms with Crippen molar-refractivity contribution >= 4 is 17.9 Å². The first-order valence-corrected chi connectivity index (χ1v) is 13.8. The first kappa shape index (κ1) is 27.3. The summed E-state index contributed by atoms with van der Waals surface area (Å²) in [6.45, 7) is 1.62. The van der Waals surface area contributed by atoms with Crippen molar-refractivity contribution in [3.05, 3.63) is 142 Å². The molecular formula is C34H33ClO4. The predicted molar refractivity (Wildman–Crippen MR) is 154 cm³/mol. The third kappa shape index (κ3) is 7.87. The summed E-state index contributed by atoms with van der Waals surface area (Å²) in [7, 11) is 0. The summed E-state index contributed by atoms with van der Waals surface area (Å²) in [5.41, 5.74) is 6.18. The van der Waals surface area contributed by atoms with Gasteiger partial charge in [0.05, 0.1) is 38.1 Å². The van der Waals surface area contributed by atoms with Crippen LogP contribution in [0.3, 0.4) is 0 Å². The van der Waals surface area contributed by atoms with Gasteiger partial charge < -0.3 is 14.2 Å². The molecule has 4 nitrogen and oxygen atoms in total. The maximum atomic E-state index is 11.0. The zero-order valence-corrected chi connectivity index (χ0v) is 22.6. The molecular weight excluding hydrogens is 508 g/mol. The fourth-order valence-corrected chi connectivity index (χ4v) is 5.15. The number of benzene rings is 4. The van der Waals surface area contributed by atoms with Gasteiger partial charge in [-0.3, -0.25) is 4.79 Å². The van der Waals surface area contributed by atoms with Crippen LogP contribution in [0.4, 0.5) is 0 Å². The average Bonchev–Trinajstić information content (AvgIpc) is 2.98. The quantitative estimate of drug-likeness (QED) is 0.182. The molecule has 39 heavy (non-hydrogen) atoms. The van der Waals surface area contributed by atoms with E-state index in [2.05, 4.69) is 30.3 Å². The Morgan fingerprint density at radius 2 is 1.49 bits per heavy atom. The minimum Gasteiger partial charge on any atom is -0.374 e. The molecule has 0 amide bonds. The Labute approximate surface area is 235 Å². The van der Waals surface area contributed by atoms with Crippen LogP contribution in [0.5, 0.6) is 0 Å². The molecule has 0 N–H and O–H groups in total. The summed E-state index contributed by atoms with van der Waals surface area (Å²) >= 11 is 6.60. The molecule has 3 atom stereocenters. The molecule has 4 aromatic rings. The molecule has 4 aromatic carbocycles. The van der Waals surface area contributed by atoms with Gasteiger partial charge in [-0.1, -0.05) is 109 Å². The fourth-order valence-electron chi connectivity index (χ4n) is 4.96. The van der Waals surface area contributed by atoms with Gasteiger partial charge in [-0.05, 0) is 40.3 Å². The van der Waals surface area contributed by atoms with Crippen molar-refractivity contribution in [3.8, 4) is 0 Å². The van der Waals surface area contributed by atoms with Crippen LogP contribution in [0.1, 0.15) is 57.1 Å². The zero-order chi connectivity index (χ0) is 26.9. The van der Waals surface area contributed by atoms with Gasteiger partial charge in [0, 0.05) is 23.4 Å². The van der Waals surface area contributed by atoms with Crippen molar-refractivity contribution < 1.29 is 19.0 Å². The summed E-state index contributed by atoms with van der Waals surface area (Å²) in [6.07, 6.45) is 2.91. The van der Waals surface area contributed by atoms with Gasteiger partial charge in [0.25, 0.3) is 0 Å². The molecule has 5 rings (SSSR count). The highest BCUT2D eigenvalue weighted by molar-refractivity contribution is 6.31. The minimum absolute atomic E-state index is 0.0456. The molecule has 0 radical (unpaired) electrons. The summed E-state index contributed by atoms with van der Waals surface area (Å²) in [5, 5.41) is 0.716. The van der Waals surface area contributed by atoms with Crippen LogP contribution in [0, 0.1) is 0 Å². The minimum atomic E-state index is -0.127. The largest absolute Gasteiger partial charge is 0.374 e. The van der Waals surface area contributed by atoms with E-state index in [1.54, 1.807) is 0 Å². The van der Waals surface area contributed by atoms with Crippen molar-refractivity contribution in [2.75, 3.05) is 6.61 Å². The lowest BCUT2D eigenvalue weighted by Crippen LogP contribution is -2.35. The van der Waals surface area contributed by atoms with Gasteiger partial charge in [-0.2, -0.15) is 0 Å². The average molecular weight is 541 g/mol. The van der Waals surface area contributed by atoms with E-state index in [-0.39, 0.29) is 18.3 Å². The first-order valence-electron chi connectivity index (χ1n) is 13.4. The number of carbonyl (C=O) groups excluding carboxylic acids is 1. The highest BCUT2D eigenvalue weighted by Gasteiger charge is 2.31.